The number of hydrogen-bond donors (Lipinski definition) is 0. The molecule has 1 saturated carbocycles. The van der Waals surface area contributed by atoms with Crippen molar-refractivity contribution in [2.45, 2.75) is 71.6 Å². The zero-order chi connectivity index (χ0) is 17.5. The fourth-order valence-corrected chi connectivity index (χ4v) is 4.24. The van der Waals surface area contributed by atoms with Crippen LogP contribution < -0.4 is 0 Å². The van der Waals surface area contributed by atoms with E-state index in [2.05, 4.69) is 56.4 Å². The SMILES string of the molecule is CCCC1CCC(CCc2ccc(-c3ccc(CC)cc3)nc2)CC1. The molecule has 0 unspecified atom stereocenters. The Morgan fingerprint density at radius 1 is 0.800 bits per heavy atom. The van der Waals surface area contributed by atoms with Gasteiger partial charge in [0.1, 0.15) is 0 Å². The van der Waals surface area contributed by atoms with Gasteiger partial charge >= 0.3 is 0 Å². The van der Waals surface area contributed by atoms with Crippen molar-refractivity contribution < 1.29 is 0 Å². The topological polar surface area (TPSA) is 12.9 Å². The molecule has 0 bridgehead atoms. The van der Waals surface area contributed by atoms with Crippen LogP contribution in [0.3, 0.4) is 0 Å². The van der Waals surface area contributed by atoms with Crippen LogP contribution >= 0.6 is 0 Å². The number of pyridine rings is 1. The molecular weight excluding hydrogens is 302 g/mol. The first-order chi connectivity index (χ1) is 12.3. The molecule has 1 aromatic carbocycles. The van der Waals surface area contributed by atoms with Gasteiger partial charge in [-0.3, -0.25) is 4.98 Å². The minimum atomic E-state index is 0.939. The van der Waals surface area contributed by atoms with Crippen LogP contribution in [-0.4, -0.2) is 4.98 Å². The molecule has 1 heterocycles. The average Bonchev–Trinajstić information content (AvgIpc) is 2.68. The zero-order valence-electron chi connectivity index (χ0n) is 16.0. The molecule has 134 valence electrons. The van der Waals surface area contributed by atoms with Gasteiger partial charge in [-0.15, -0.1) is 0 Å². The number of hydrogen-bond acceptors (Lipinski definition) is 1. The second-order valence-electron chi connectivity index (χ2n) is 7.82. The van der Waals surface area contributed by atoms with E-state index in [0.717, 1.165) is 24.0 Å². The normalized spacial score (nSPS) is 20.6. The summed E-state index contributed by atoms with van der Waals surface area (Å²) in [6.07, 6.45) is 14.3. The summed E-state index contributed by atoms with van der Waals surface area (Å²) in [5, 5.41) is 0. The highest BCUT2D eigenvalue weighted by Crippen LogP contribution is 2.33. The Balaban J connectivity index is 1.49. The van der Waals surface area contributed by atoms with Crippen molar-refractivity contribution in [3.63, 3.8) is 0 Å². The van der Waals surface area contributed by atoms with Crippen molar-refractivity contribution in [3.8, 4) is 11.3 Å². The van der Waals surface area contributed by atoms with Crippen LogP contribution in [0.4, 0.5) is 0 Å². The molecule has 1 aliphatic rings. The molecule has 0 radical (unpaired) electrons. The highest BCUT2D eigenvalue weighted by atomic mass is 14.7. The lowest BCUT2D eigenvalue weighted by Crippen LogP contribution is -2.15. The molecule has 1 heteroatoms. The van der Waals surface area contributed by atoms with Crippen LogP contribution in [0.5, 0.6) is 0 Å². The van der Waals surface area contributed by atoms with Gasteiger partial charge in [-0.25, -0.2) is 0 Å². The van der Waals surface area contributed by atoms with Crippen LogP contribution in [-0.2, 0) is 12.8 Å². The molecule has 0 atom stereocenters. The van der Waals surface area contributed by atoms with Crippen LogP contribution in [0, 0.1) is 11.8 Å². The van der Waals surface area contributed by atoms with Crippen molar-refractivity contribution in [2.75, 3.05) is 0 Å². The van der Waals surface area contributed by atoms with Gasteiger partial charge in [0.15, 0.2) is 0 Å². The summed E-state index contributed by atoms with van der Waals surface area (Å²) in [4.78, 5) is 4.70. The molecule has 25 heavy (non-hydrogen) atoms. The van der Waals surface area contributed by atoms with E-state index in [4.69, 9.17) is 4.98 Å². The first-order valence-electron chi connectivity index (χ1n) is 10.3. The Labute approximate surface area is 153 Å². The summed E-state index contributed by atoms with van der Waals surface area (Å²) in [5.41, 5.74) is 5.09. The molecule has 0 N–H and O–H groups in total. The Morgan fingerprint density at radius 3 is 2.00 bits per heavy atom. The summed E-state index contributed by atoms with van der Waals surface area (Å²) in [6.45, 7) is 4.51. The first-order valence-corrected chi connectivity index (χ1v) is 10.3. The van der Waals surface area contributed by atoms with Crippen LogP contribution in [0.1, 0.15) is 69.9 Å². The summed E-state index contributed by atoms with van der Waals surface area (Å²) >= 11 is 0. The maximum atomic E-state index is 4.70. The lowest BCUT2D eigenvalue weighted by Gasteiger charge is -2.28. The maximum Gasteiger partial charge on any atom is 0.0702 e. The smallest absolute Gasteiger partial charge is 0.0702 e. The molecule has 1 fully saturated rings. The van der Waals surface area contributed by atoms with Gasteiger partial charge in [-0.2, -0.15) is 0 Å². The highest BCUT2D eigenvalue weighted by Gasteiger charge is 2.20. The molecule has 0 spiro atoms. The summed E-state index contributed by atoms with van der Waals surface area (Å²) < 4.78 is 0. The Bertz CT molecular complexity index is 618. The van der Waals surface area contributed by atoms with E-state index in [1.54, 1.807) is 0 Å². The third-order valence-corrected chi connectivity index (χ3v) is 5.99. The minimum absolute atomic E-state index is 0.939. The molecule has 0 saturated heterocycles. The second-order valence-corrected chi connectivity index (χ2v) is 7.82. The zero-order valence-corrected chi connectivity index (χ0v) is 16.0. The van der Waals surface area contributed by atoms with Crippen molar-refractivity contribution in [1.82, 2.24) is 4.98 Å². The van der Waals surface area contributed by atoms with E-state index in [0.29, 0.717) is 0 Å². The van der Waals surface area contributed by atoms with Crippen molar-refractivity contribution in [1.29, 1.82) is 0 Å². The summed E-state index contributed by atoms with van der Waals surface area (Å²) in [5.74, 6) is 1.95. The third-order valence-electron chi connectivity index (χ3n) is 5.99. The standard InChI is InChI=1S/C24H33N/c1-3-5-20-6-8-21(9-7-20)10-11-22-14-17-24(25-18-22)23-15-12-19(4-2)13-16-23/h12-18,20-21H,3-11H2,1-2H3. The first kappa shape index (κ1) is 18.2. The number of benzene rings is 1. The molecular formula is C24H33N. The lowest BCUT2D eigenvalue weighted by atomic mass is 9.78. The second kappa shape index (κ2) is 9.17. The molecule has 0 amide bonds. The number of aromatic nitrogens is 1. The largest absolute Gasteiger partial charge is 0.256 e. The fraction of sp³-hybridized carbons (Fsp3) is 0.542. The number of nitrogens with zero attached hydrogens (tertiary/aromatic N) is 1. The Kier molecular flexibility index (Phi) is 6.67. The highest BCUT2D eigenvalue weighted by molar-refractivity contribution is 5.59. The van der Waals surface area contributed by atoms with Gasteiger partial charge in [0.05, 0.1) is 5.69 Å². The third kappa shape index (κ3) is 5.17. The van der Waals surface area contributed by atoms with Gasteiger partial charge in [0, 0.05) is 11.8 Å². The summed E-state index contributed by atoms with van der Waals surface area (Å²) in [6, 6.07) is 13.3. The van der Waals surface area contributed by atoms with Crippen LogP contribution in [0.2, 0.25) is 0 Å². The van der Waals surface area contributed by atoms with Gasteiger partial charge in [0.25, 0.3) is 0 Å². The van der Waals surface area contributed by atoms with E-state index >= 15 is 0 Å². The van der Waals surface area contributed by atoms with Crippen molar-refractivity contribution in [3.05, 3.63) is 53.7 Å². The van der Waals surface area contributed by atoms with Gasteiger partial charge in [-0.05, 0) is 48.3 Å². The van der Waals surface area contributed by atoms with Crippen molar-refractivity contribution >= 4 is 0 Å². The molecule has 3 rings (SSSR count). The van der Waals surface area contributed by atoms with Crippen molar-refractivity contribution in [2.24, 2.45) is 11.8 Å². The number of aryl methyl sites for hydroxylation is 2. The molecule has 1 nitrogen and oxygen atoms in total. The fourth-order valence-electron chi connectivity index (χ4n) is 4.24. The van der Waals surface area contributed by atoms with Gasteiger partial charge in [0.2, 0.25) is 0 Å². The molecule has 1 aliphatic carbocycles. The summed E-state index contributed by atoms with van der Waals surface area (Å²) in [7, 11) is 0. The Morgan fingerprint density at radius 2 is 1.44 bits per heavy atom. The van der Waals surface area contributed by atoms with E-state index in [1.807, 2.05) is 0 Å². The van der Waals surface area contributed by atoms with E-state index in [-0.39, 0.29) is 0 Å². The average molecular weight is 336 g/mol. The van der Waals surface area contributed by atoms with Gasteiger partial charge in [-0.1, -0.05) is 82.7 Å². The quantitative estimate of drug-likeness (QED) is 0.539. The predicted octanol–water partition coefficient (Wildman–Crippen LogP) is 6.85. The van der Waals surface area contributed by atoms with E-state index in [9.17, 15) is 0 Å². The monoisotopic (exact) mass is 335 g/mol. The molecule has 2 aromatic rings. The van der Waals surface area contributed by atoms with E-state index < -0.39 is 0 Å². The minimum Gasteiger partial charge on any atom is -0.256 e. The number of rotatable bonds is 7. The maximum absolute atomic E-state index is 4.70. The van der Waals surface area contributed by atoms with Crippen LogP contribution in [0.15, 0.2) is 42.6 Å². The molecule has 1 aromatic heterocycles. The van der Waals surface area contributed by atoms with Gasteiger partial charge < -0.3 is 0 Å². The molecule has 0 aliphatic heterocycles. The van der Waals surface area contributed by atoms with Crippen LogP contribution in [0.25, 0.3) is 11.3 Å². The van der Waals surface area contributed by atoms with E-state index in [1.165, 1.54) is 68.1 Å². The predicted molar refractivity (Wildman–Crippen MR) is 108 cm³/mol. The Hall–Kier alpha value is -1.63. The lowest BCUT2D eigenvalue weighted by molar-refractivity contribution is 0.252.